The van der Waals surface area contributed by atoms with Gasteiger partial charge < -0.3 is 9.72 Å². The van der Waals surface area contributed by atoms with Crippen molar-refractivity contribution in [1.82, 2.24) is 13.7 Å². The first kappa shape index (κ1) is 19.6. The standard InChI is InChI=1S/C21H24N4O3S/c1-15-8-11-24-14-18(23-20(24)12-15)21(26)22-17-7-6-16(2)19(13-17)29(27,28)25-9-4-3-5-10-25/h6-8,11-14H,3-5,9-10H2,1-2H3,(H,22,26). The third-order valence-corrected chi connectivity index (χ3v) is 7.27. The quantitative estimate of drug-likeness (QED) is 0.712. The summed E-state index contributed by atoms with van der Waals surface area (Å²) in [4.78, 5) is 17.3. The molecule has 1 amide bonds. The predicted octanol–water partition coefficient (Wildman–Crippen LogP) is 3.38. The number of pyridine rings is 1. The summed E-state index contributed by atoms with van der Waals surface area (Å²) >= 11 is 0. The molecule has 0 aliphatic carbocycles. The second kappa shape index (κ2) is 7.61. The number of carbonyl (C=O) groups is 1. The predicted molar refractivity (Wildman–Crippen MR) is 112 cm³/mol. The molecule has 1 fully saturated rings. The van der Waals surface area contributed by atoms with Crippen LogP contribution in [0.5, 0.6) is 0 Å². The van der Waals surface area contributed by atoms with E-state index in [0.29, 0.717) is 30.0 Å². The van der Waals surface area contributed by atoms with Gasteiger partial charge in [-0.3, -0.25) is 4.79 Å². The van der Waals surface area contributed by atoms with Gasteiger partial charge in [-0.1, -0.05) is 12.5 Å². The van der Waals surface area contributed by atoms with Gasteiger partial charge in [-0.25, -0.2) is 13.4 Å². The minimum atomic E-state index is -3.58. The Balaban J connectivity index is 1.60. The van der Waals surface area contributed by atoms with E-state index in [0.717, 1.165) is 24.8 Å². The molecule has 3 aromatic rings. The average molecular weight is 413 g/mol. The van der Waals surface area contributed by atoms with E-state index in [1.165, 1.54) is 10.4 Å². The third kappa shape index (κ3) is 3.90. The van der Waals surface area contributed by atoms with Gasteiger partial charge in [0.2, 0.25) is 10.0 Å². The number of hydrogen-bond donors (Lipinski definition) is 1. The van der Waals surface area contributed by atoms with Crippen LogP contribution in [0.4, 0.5) is 5.69 Å². The highest BCUT2D eigenvalue weighted by molar-refractivity contribution is 7.89. The minimum absolute atomic E-state index is 0.239. The first-order valence-corrected chi connectivity index (χ1v) is 11.2. The number of sulfonamides is 1. The molecule has 0 unspecified atom stereocenters. The Kier molecular flexibility index (Phi) is 5.14. The molecule has 152 valence electrons. The summed E-state index contributed by atoms with van der Waals surface area (Å²) in [6.45, 7) is 4.82. The van der Waals surface area contributed by atoms with Crippen molar-refractivity contribution in [3.05, 3.63) is 59.5 Å². The molecule has 3 heterocycles. The van der Waals surface area contributed by atoms with Crippen LogP contribution in [-0.2, 0) is 10.0 Å². The third-order valence-electron chi connectivity index (χ3n) is 5.23. The molecule has 1 aliphatic rings. The number of aromatic nitrogens is 2. The monoisotopic (exact) mass is 412 g/mol. The minimum Gasteiger partial charge on any atom is -0.321 e. The van der Waals surface area contributed by atoms with E-state index in [1.54, 1.807) is 29.7 Å². The molecule has 0 atom stereocenters. The van der Waals surface area contributed by atoms with E-state index in [2.05, 4.69) is 10.3 Å². The van der Waals surface area contributed by atoms with Crippen molar-refractivity contribution >= 4 is 27.3 Å². The van der Waals surface area contributed by atoms with Crippen LogP contribution in [0.15, 0.2) is 47.6 Å². The number of fused-ring (bicyclic) bond motifs is 1. The normalized spacial score (nSPS) is 15.5. The number of carbonyl (C=O) groups excluding carboxylic acids is 1. The van der Waals surface area contributed by atoms with Crippen LogP contribution in [0.1, 0.15) is 40.9 Å². The molecule has 1 aromatic carbocycles. The highest BCUT2D eigenvalue weighted by atomic mass is 32.2. The van der Waals surface area contributed by atoms with Gasteiger partial charge >= 0.3 is 0 Å². The molecular weight excluding hydrogens is 388 g/mol. The Morgan fingerprint density at radius 2 is 1.83 bits per heavy atom. The summed E-state index contributed by atoms with van der Waals surface area (Å²) in [5.41, 5.74) is 3.12. The van der Waals surface area contributed by atoms with E-state index in [4.69, 9.17) is 0 Å². The van der Waals surface area contributed by atoms with E-state index in [9.17, 15) is 13.2 Å². The van der Waals surface area contributed by atoms with Gasteiger partial charge in [0.05, 0.1) is 4.90 Å². The van der Waals surface area contributed by atoms with E-state index in [-0.39, 0.29) is 16.5 Å². The zero-order valence-corrected chi connectivity index (χ0v) is 17.4. The fourth-order valence-electron chi connectivity index (χ4n) is 3.59. The van der Waals surface area contributed by atoms with Gasteiger partial charge in [0, 0.05) is 31.2 Å². The number of rotatable bonds is 4. The average Bonchev–Trinajstić information content (AvgIpc) is 3.13. The number of benzene rings is 1. The maximum absolute atomic E-state index is 13.1. The van der Waals surface area contributed by atoms with Crippen molar-refractivity contribution < 1.29 is 13.2 Å². The van der Waals surface area contributed by atoms with Crippen molar-refractivity contribution in [3.63, 3.8) is 0 Å². The molecule has 0 radical (unpaired) electrons. The molecule has 1 N–H and O–H groups in total. The summed E-state index contributed by atoms with van der Waals surface area (Å²) in [6, 6.07) is 8.80. The molecule has 8 heteroatoms. The Bertz CT molecular complexity index is 1180. The lowest BCUT2D eigenvalue weighted by molar-refractivity contribution is 0.102. The van der Waals surface area contributed by atoms with Gasteiger partial charge in [0.15, 0.2) is 0 Å². The highest BCUT2D eigenvalue weighted by Crippen LogP contribution is 2.26. The molecule has 2 aromatic heterocycles. The van der Waals surface area contributed by atoms with Crippen LogP contribution in [0.3, 0.4) is 0 Å². The summed E-state index contributed by atoms with van der Waals surface area (Å²) in [6.07, 6.45) is 6.32. The number of nitrogens with one attached hydrogen (secondary N) is 1. The SMILES string of the molecule is Cc1ccn2cc(C(=O)Nc3ccc(C)c(S(=O)(=O)N4CCCCC4)c3)nc2c1. The highest BCUT2D eigenvalue weighted by Gasteiger charge is 2.27. The molecule has 4 rings (SSSR count). The van der Waals surface area contributed by atoms with Crippen LogP contribution in [0.2, 0.25) is 0 Å². The van der Waals surface area contributed by atoms with Gasteiger partial charge in [0.25, 0.3) is 5.91 Å². The molecule has 0 spiro atoms. The van der Waals surface area contributed by atoms with E-state index in [1.807, 2.05) is 25.3 Å². The lowest BCUT2D eigenvalue weighted by Gasteiger charge is -2.26. The molecule has 0 bridgehead atoms. The maximum atomic E-state index is 13.1. The number of piperidine rings is 1. The molecule has 1 aliphatic heterocycles. The zero-order chi connectivity index (χ0) is 20.6. The van der Waals surface area contributed by atoms with Crippen LogP contribution in [-0.4, -0.2) is 41.1 Å². The van der Waals surface area contributed by atoms with Crippen molar-refractivity contribution in [2.24, 2.45) is 0 Å². The largest absolute Gasteiger partial charge is 0.321 e. The second-order valence-corrected chi connectivity index (χ2v) is 9.40. The summed E-state index contributed by atoms with van der Waals surface area (Å²) in [5, 5.41) is 2.78. The molecule has 29 heavy (non-hydrogen) atoms. The second-order valence-electron chi connectivity index (χ2n) is 7.49. The smallest absolute Gasteiger partial charge is 0.275 e. The lowest BCUT2D eigenvalue weighted by atomic mass is 10.2. The Labute approximate surface area is 170 Å². The summed E-state index contributed by atoms with van der Waals surface area (Å²) in [7, 11) is -3.58. The van der Waals surface area contributed by atoms with Crippen LogP contribution in [0.25, 0.3) is 5.65 Å². The first-order chi connectivity index (χ1) is 13.8. The molecule has 7 nitrogen and oxygen atoms in total. The first-order valence-electron chi connectivity index (χ1n) is 9.72. The van der Waals surface area contributed by atoms with Crippen LogP contribution >= 0.6 is 0 Å². The van der Waals surface area contributed by atoms with E-state index < -0.39 is 10.0 Å². The number of anilines is 1. The van der Waals surface area contributed by atoms with Gasteiger partial charge in [-0.15, -0.1) is 0 Å². The van der Waals surface area contributed by atoms with Gasteiger partial charge in [-0.05, 0) is 62.1 Å². The Hall–Kier alpha value is -2.71. The molecule has 1 saturated heterocycles. The lowest BCUT2D eigenvalue weighted by Crippen LogP contribution is -2.36. The molecular formula is C21H24N4O3S. The summed E-state index contributed by atoms with van der Waals surface area (Å²) < 4.78 is 29.4. The number of aryl methyl sites for hydroxylation is 2. The topological polar surface area (TPSA) is 83.8 Å². The summed E-state index contributed by atoms with van der Waals surface area (Å²) in [5.74, 6) is -0.378. The van der Waals surface area contributed by atoms with Crippen molar-refractivity contribution in [2.45, 2.75) is 38.0 Å². The fraction of sp³-hybridized carbons (Fsp3) is 0.333. The number of hydrogen-bond acceptors (Lipinski definition) is 4. The Morgan fingerprint density at radius 1 is 1.07 bits per heavy atom. The van der Waals surface area contributed by atoms with Crippen LogP contribution in [0, 0.1) is 13.8 Å². The zero-order valence-electron chi connectivity index (χ0n) is 16.6. The van der Waals surface area contributed by atoms with E-state index >= 15 is 0 Å². The van der Waals surface area contributed by atoms with Crippen molar-refractivity contribution in [3.8, 4) is 0 Å². The fourth-order valence-corrected chi connectivity index (χ4v) is 5.36. The van der Waals surface area contributed by atoms with Gasteiger partial charge in [-0.2, -0.15) is 4.31 Å². The van der Waals surface area contributed by atoms with Crippen molar-refractivity contribution in [2.75, 3.05) is 18.4 Å². The molecule has 0 saturated carbocycles. The number of nitrogens with zero attached hydrogens (tertiary/aromatic N) is 3. The van der Waals surface area contributed by atoms with Crippen LogP contribution < -0.4 is 5.32 Å². The number of amides is 1. The van der Waals surface area contributed by atoms with Crippen molar-refractivity contribution in [1.29, 1.82) is 0 Å². The number of imidazole rings is 1. The maximum Gasteiger partial charge on any atom is 0.275 e. The Morgan fingerprint density at radius 3 is 2.59 bits per heavy atom. The van der Waals surface area contributed by atoms with Gasteiger partial charge in [0.1, 0.15) is 11.3 Å².